The van der Waals surface area contributed by atoms with E-state index in [1.807, 2.05) is 26.0 Å². The molecule has 3 fully saturated rings. The molecule has 6 rings (SSSR count). The summed E-state index contributed by atoms with van der Waals surface area (Å²) in [6.45, 7) is 5.53. The third-order valence-electron chi connectivity index (χ3n) is 9.19. The Balaban J connectivity index is 1.02. The topological polar surface area (TPSA) is 144 Å². The fourth-order valence-electron chi connectivity index (χ4n) is 6.39. The predicted octanol–water partition coefficient (Wildman–Crippen LogP) is 2.61. The van der Waals surface area contributed by atoms with Gasteiger partial charge in [-0.05, 0) is 76.3 Å². The minimum Gasteiger partial charge on any atom is -0.491 e. The number of sulfone groups is 1. The monoisotopic (exact) mass is 659 g/mol. The summed E-state index contributed by atoms with van der Waals surface area (Å²) in [4.78, 5) is 13.4. The fraction of sp³-hybridized carbons (Fsp3) is 0.531. The van der Waals surface area contributed by atoms with Gasteiger partial charge in [-0.1, -0.05) is 17.7 Å². The van der Waals surface area contributed by atoms with E-state index in [9.17, 15) is 26.7 Å². The molecule has 2 aromatic carbocycles. The molecule has 3 aromatic rings. The number of fused-ring (bicyclic) bond motifs is 1. The number of ether oxygens (including phenoxy) is 2. The standard InChI is InChI=1S/C32H41N3O8S2/c1-3-34-19-30(31(37)28-15-22(2)7-10-29(28)34)45(40,41)35-13-11-32(12-14-35)17-23(20-43-32)33-18-24(36)21-42-25-5-4-6-27(16-25)44(38,39)26-8-9-26/h4-7,10,15-16,19,23-24,26,33,36H,3,8-9,11-14,17-18,20-21H2,1-2H3/t23-,24+/m1/s1. The highest BCUT2D eigenvalue weighted by molar-refractivity contribution is 7.92. The third-order valence-corrected chi connectivity index (χ3v) is 13.3. The zero-order valence-electron chi connectivity index (χ0n) is 25.6. The quantitative estimate of drug-likeness (QED) is 0.318. The van der Waals surface area contributed by atoms with Crippen molar-refractivity contribution >= 4 is 30.8 Å². The van der Waals surface area contributed by atoms with Crippen LogP contribution in [0.25, 0.3) is 10.9 Å². The van der Waals surface area contributed by atoms with E-state index in [2.05, 4.69) is 5.32 Å². The highest BCUT2D eigenvalue weighted by atomic mass is 32.2. The summed E-state index contributed by atoms with van der Waals surface area (Å²) in [5.74, 6) is 0.396. The smallest absolute Gasteiger partial charge is 0.248 e. The first-order valence-corrected chi connectivity index (χ1v) is 18.6. The summed E-state index contributed by atoms with van der Waals surface area (Å²) in [6.07, 6.45) is 3.70. The molecule has 13 heteroatoms. The number of sulfonamides is 1. The van der Waals surface area contributed by atoms with Crippen molar-refractivity contribution < 1.29 is 31.4 Å². The summed E-state index contributed by atoms with van der Waals surface area (Å²) < 4.78 is 67.5. The number of aliphatic hydroxyl groups excluding tert-OH is 1. The lowest BCUT2D eigenvalue weighted by Gasteiger charge is -2.38. The van der Waals surface area contributed by atoms with Gasteiger partial charge < -0.3 is 24.5 Å². The molecule has 2 saturated heterocycles. The molecule has 2 aliphatic heterocycles. The van der Waals surface area contributed by atoms with Crippen LogP contribution in [0.2, 0.25) is 0 Å². The second kappa shape index (κ2) is 12.4. The lowest BCUT2D eigenvalue weighted by molar-refractivity contribution is -0.0312. The number of hydrogen-bond acceptors (Lipinski definition) is 9. The van der Waals surface area contributed by atoms with Gasteiger partial charge in [-0.3, -0.25) is 4.79 Å². The maximum absolute atomic E-state index is 13.7. The Morgan fingerprint density at radius 3 is 2.58 bits per heavy atom. The van der Waals surface area contributed by atoms with Crippen molar-refractivity contribution in [3.63, 3.8) is 0 Å². The highest BCUT2D eigenvalue weighted by Crippen LogP contribution is 2.37. The second-order valence-electron chi connectivity index (χ2n) is 12.5. The average Bonchev–Trinajstić information content (AvgIpc) is 3.83. The van der Waals surface area contributed by atoms with Crippen LogP contribution < -0.4 is 15.5 Å². The molecule has 3 heterocycles. The van der Waals surface area contributed by atoms with Crippen LogP contribution in [0.4, 0.5) is 0 Å². The lowest BCUT2D eigenvalue weighted by Crippen LogP contribution is -2.47. The Morgan fingerprint density at radius 2 is 1.87 bits per heavy atom. The van der Waals surface area contributed by atoms with E-state index in [0.717, 1.165) is 5.56 Å². The number of pyridine rings is 1. The van der Waals surface area contributed by atoms with Crippen molar-refractivity contribution in [2.45, 2.75) is 85.3 Å². The van der Waals surface area contributed by atoms with Crippen LogP contribution >= 0.6 is 0 Å². The van der Waals surface area contributed by atoms with E-state index < -0.39 is 37.0 Å². The molecular formula is C32H41N3O8S2. The minimum atomic E-state index is -4.00. The van der Waals surface area contributed by atoms with Gasteiger partial charge in [-0.2, -0.15) is 4.31 Å². The van der Waals surface area contributed by atoms with Gasteiger partial charge in [0, 0.05) is 43.8 Å². The molecule has 1 saturated carbocycles. The number of piperidine rings is 1. The van der Waals surface area contributed by atoms with Crippen LogP contribution in [0.3, 0.4) is 0 Å². The van der Waals surface area contributed by atoms with Gasteiger partial charge in [-0.15, -0.1) is 0 Å². The molecule has 1 aliphatic carbocycles. The van der Waals surface area contributed by atoms with Crippen LogP contribution in [0.1, 0.15) is 44.6 Å². The molecule has 244 valence electrons. The second-order valence-corrected chi connectivity index (χ2v) is 16.7. The maximum Gasteiger partial charge on any atom is 0.248 e. The van der Waals surface area contributed by atoms with Gasteiger partial charge in [0.1, 0.15) is 23.4 Å². The molecule has 11 nitrogen and oxygen atoms in total. The zero-order valence-corrected chi connectivity index (χ0v) is 27.3. The van der Waals surface area contributed by atoms with Crippen molar-refractivity contribution in [2.24, 2.45) is 0 Å². The van der Waals surface area contributed by atoms with Crippen LogP contribution in [0, 0.1) is 6.92 Å². The minimum absolute atomic E-state index is 0.000453. The van der Waals surface area contributed by atoms with Crippen molar-refractivity contribution in [1.29, 1.82) is 0 Å². The van der Waals surface area contributed by atoms with Crippen LogP contribution in [0.15, 0.2) is 63.2 Å². The van der Waals surface area contributed by atoms with Crippen molar-refractivity contribution in [3.05, 3.63) is 64.4 Å². The Kier molecular flexibility index (Phi) is 8.87. The van der Waals surface area contributed by atoms with Gasteiger partial charge in [-0.25, -0.2) is 16.8 Å². The summed E-state index contributed by atoms with van der Waals surface area (Å²) in [7, 11) is -7.33. The van der Waals surface area contributed by atoms with E-state index >= 15 is 0 Å². The van der Waals surface area contributed by atoms with Crippen molar-refractivity contribution in [2.75, 3.05) is 32.8 Å². The van der Waals surface area contributed by atoms with E-state index in [1.54, 1.807) is 28.8 Å². The highest BCUT2D eigenvalue weighted by Gasteiger charge is 2.45. The lowest BCUT2D eigenvalue weighted by atomic mass is 9.88. The largest absolute Gasteiger partial charge is 0.491 e. The Morgan fingerprint density at radius 1 is 1.11 bits per heavy atom. The third kappa shape index (κ3) is 6.56. The number of benzene rings is 2. The molecular weight excluding hydrogens is 618 g/mol. The van der Waals surface area contributed by atoms with Crippen molar-refractivity contribution in [1.82, 2.24) is 14.2 Å². The number of nitrogens with one attached hydrogen (secondary N) is 1. The molecule has 0 radical (unpaired) electrons. The van der Waals surface area contributed by atoms with E-state index in [-0.39, 0.29) is 47.3 Å². The molecule has 0 amide bonds. The first kappa shape index (κ1) is 32.1. The number of nitrogens with zero attached hydrogens (tertiary/aromatic N) is 2. The molecule has 0 bridgehead atoms. The van der Waals surface area contributed by atoms with Gasteiger partial charge in [0.2, 0.25) is 15.5 Å². The predicted molar refractivity (Wildman–Crippen MR) is 170 cm³/mol. The first-order valence-electron chi connectivity index (χ1n) is 15.6. The van der Waals surface area contributed by atoms with Gasteiger partial charge in [0.25, 0.3) is 0 Å². The Labute approximate surface area is 264 Å². The molecule has 1 aromatic heterocycles. The summed E-state index contributed by atoms with van der Waals surface area (Å²) in [6, 6.07) is 11.9. The Bertz CT molecular complexity index is 1850. The molecule has 45 heavy (non-hydrogen) atoms. The molecule has 2 atom stereocenters. The van der Waals surface area contributed by atoms with Crippen LogP contribution in [-0.4, -0.2) is 86.7 Å². The number of aryl methyl sites for hydroxylation is 2. The zero-order chi connectivity index (χ0) is 32.0. The van der Waals surface area contributed by atoms with Gasteiger partial charge >= 0.3 is 0 Å². The average molecular weight is 660 g/mol. The first-order chi connectivity index (χ1) is 21.4. The van der Waals surface area contributed by atoms with Crippen LogP contribution in [0.5, 0.6) is 5.75 Å². The molecule has 1 spiro atoms. The van der Waals surface area contributed by atoms with Gasteiger partial charge in [0.15, 0.2) is 9.84 Å². The number of aromatic nitrogens is 1. The van der Waals surface area contributed by atoms with Gasteiger partial charge in [0.05, 0.1) is 27.9 Å². The summed E-state index contributed by atoms with van der Waals surface area (Å²) in [5, 5.41) is 14.0. The molecule has 0 unspecified atom stereocenters. The molecule has 2 N–H and O–H groups in total. The normalized spacial score (nSPS) is 21.4. The fourth-order valence-corrected chi connectivity index (χ4v) is 9.63. The molecule has 3 aliphatic rings. The number of rotatable bonds is 11. The van der Waals surface area contributed by atoms with E-state index in [1.165, 1.54) is 16.6 Å². The SMILES string of the molecule is CCn1cc(S(=O)(=O)N2CCC3(CC2)C[C@@H](NC[C@H](O)COc2cccc(S(=O)(=O)C4CC4)c2)CO3)c(=O)c2cc(C)ccc21. The summed E-state index contributed by atoms with van der Waals surface area (Å²) >= 11 is 0. The van der Waals surface area contributed by atoms with E-state index in [0.29, 0.717) is 61.9 Å². The van der Waals surface area contributed by atoms with E-state index in [4.69, 9.17) is 9.47 Å². The summed E-state index contributed by atoms with van der Waals surface area (Å²) in [5.41, 5.74) is 0.666. The Hall–Kier alpha value is -2.81. The number of hydrogen-bond donors (Lipinski definition) is 2. The van der Waals surface area contributed by atoms with Crippen LogP contribution in [-0.2, 0) is 31.1 Å². The van der Waals surface area contributed by atoms with Crippen molar-refractivity contribution in [3.8, 4) is 5.75 Å². The maximum atomic E-state index is 13.7. The number of aliphatic hydroxyl groups is 1.